The highest BCUT2D eigenvalue weighted by atomic mass is 19.4. The fraction of sp³-hybridized carbons (Fsp3) is 0.538. The van der Waals surface area contributed by atoms with Crippen molar-refractivity contribution < 1.29 is 18.3 Å². The van der Waals surface area contributed by atoms with Crippen LogP contribution < -0.4 is 10.6 Å². The zero-order valence-corrected chi connectivity index (χ0v) is 10.5. The maximum Gasteiger partial charge on any atom is 0.416 e. The lowest BCUT2D eigenvalue weighted by atomic mass is 10.0. The summed E-state index contributed by atoms with van der Waals surface area (Å²) in [5.41, 5.74) is 5.24. The lowest BCUT2D eigenvalue weighted by Crippen LogP contribution is -2.38. The molecule has 0 saturated carbocycles. The van der Waals surface area contributed by atoms with Crippen LogP contribution in [-0.2, 0) is 12.7 Å². The van der Waals surface area contributed by atoms with E-state index in [2.05, 4.69) is 0 Å². The normalized spacial score (nSPS) is 20.7. The molecule has 6 heteroatoms. The first-order valence-corrected chi connectivity index (χ1v) is 6.25. The Balaban J connectivity index is 2.32. The molecule has 1 heterocycles. The molecule has 3 N–H and O–H groups in total. The highest BCUT2D eigenvalue weighted by Crippen LogP contribution is 2.35. The molecule has 0 spiro atoms. The molecule has 0 radical (unpaired) electrons. The van der Waals surface area contributed by atoms with Crippen LogP contribution in [0, 0.1) is 0 Å². The number of nitrogens with zero attached hydrogens (tertiary/aromatic N) is 1. The average Bonchev–Trinajstić information content (AvgIpc) is 2.37. The molecule has 0 amide bonds. The molecular formula is C13H17F3N2O. The lowest BCUT2D eigenvalue weighted by molar-refractivity contribution is -0.138. The first-order chi connectivity index (χ1) is 8.91. The molecule has 2 rings (SSSR count). The molecule has 1 fully saturated rings. The van der Waals surface area contributed by atoms with Crippen LogP contribution in [0.5, 0.6) is 0 Å². The molecule has 3 nitrogen and oxygen atoms in total. The molecule has 106 valence electrons. The number of β-amino-alcohol motifs (C(OH)–C–C–N with tert-alkyl or cyclic N) is 1. The predicted octanol–water partition coefficient (Wildman–Crippen LogP) is 2.13. The smallest absolute Gasteiger partial charge is 0.391 e. The number of benzene rings is 1. The van der Waals surface area contributed by atoms with Gasteiger partial charge in [-0.2, -0.15) is 13.2 Å². The van der Waals surface area contributed by atoms with E-state index in [1.54, 1.807) is 11.0 Å². The highest BCUT2D eigenvalue weighted by molar-refractivity contribution is 5.52. The summed E-state index contributed by atoms with van der Waals surface area (Å²) in [4.78, 5) is 1.78. The predicted molar refractivity (Wildman–Crippen MR) is 66.8 cm³/mol. The van der Waals surface area contributed by atoms with Gasteiger partial charge in [0.05, 0.1) is 11.7 Å². The minimum Gasteiger partial charge on any atom is -0.391 e. The van der Waals surface area contributed by atoms with Gasteiger partial charge < -0.3 is 15.7 Å². The minimum atomic E-state index is -4.40. The van der Waals surface area contributed by atoms with E-state index in [1.807, 2.05) is 0 Å². The van der Waals surface area contributed by atoms with E-state index in [1.165, 1.54) is 6.07 Å². The van der Waals surface area contributed by atoms with Crippen molar-refractivity contribution in [3.8, 4) is 0 Å². The summed E-state index contributed by atoms with van der Waals surface area (Å²) >= 11 is 0. The van der Waals surface area contributed by atoms with Gasteiger partial charge >= 0.3 is 6.18 Å². The fourth-order valence-electron chi connectivity index (χ4n) is 2.39. The maximum absolute atomic E-state index is 12.9. The molecule has 1 aliphatic rings. The number of alkyl halides is 3. The molecule has 1 atom stereocenters. The summed E-state index contributed by atoms with van der Waals surface area (Å²) in [7, 11) is 0. The van der Waals surface area contributed by atoms with Crippen LogP contribution in [0.15, 0.2) is 18.2 Å². The first kappa shape index (κ1) is 14.1. The zero-order chi connectivity index (χ0) is 14.0. The second kappa shape index (κ2) is 5.38. The molecule has 0 aliphatic carbocycles. The van der Waals surface area contributed by atoms with Gasteiger partial charge in [-0.3, -0.25) is 0 Å². The summed E-state index contributed by atoms with van der Waals surface area (Å²) < 4.78 is 38.8. The van der Waals surface area contributed by atoms with Crippen LogP contribution in [0.2, 0.25) is 0 Å². The van der Waals surface area contributed by atoms with Crippen molar-refractivity contribution in [1.82, 2.24) is 0 Å². The van der Waals surface area contributed by atoms with Crippen LogP contribution in [0.4, 0.5) is 18.9 Å². The van der Waals surface area contributed by atoms with Gasteiger partial charge in [0.2, 0.25) is 0 Å². The Morgan fingerprint density at radius 1 is 1.37 bits per heavy atom. The number of rotatable bonds is 2. The van der Waals surface area contributed by atoms with E-state index >= 15 is 0 Å². The van der Waals surface area contributed by atoms with Crippen molar-refractivity contribution >= 4 is 5.69 Å². The van der Waals surface area contributed by atoms with Crippen LogP contribution in [0.3, 0.4) is 0 Å². The largest absolute Gasteiger partial charge is 0.416 e. The van der Waals surface area contributed by atoms with E-state index in [0.29, 0.717) is 25.2 Å². The van der Waals surface area contributed by atoms with Crippen LogP contribution in [0.25, 0.3) is 0 Å². The summed E-state index contributed by atoms with van der Waals surface area (Å²) in [5, 5.41) is 9.59. The summed E-state index contributed by atoms with van der Waals surface area (Å²) in [6.45, 7) is 0.896. The van der Waals surface area contributed by atoms with Crippen molar-refractivity contribution in [2.45, 2.75) is 31.7 Å². The molecular weight excluding hydrogens is 257 g/mol. The molecule has 1 unspecified atom stereocenters. The number of hydrogen-bond donors (Lipinski definition) is 2. The number of halogens is 3. The molecule has 0 aromatic heterocycles. The lowest BCUT2D eigenvalue weighted by Gasteiger charge is -2.32. The molecule has 1 aromatic rings. The van der Waals surface area contributed by atoms with E-state index in [9.17, 15) is 18.3 Å². The molecule has 1 aliphatic heterocycles. The van der Waals surface area contributed by atoms with Gasteiger partial charge in [0, 0.05) is 25.3 Å². The molecule has 19 heavy (non-hydrogen) atoms. The Morgan fingerprint density at radius 2 is 2.11 bits per heavy atom. The minimum absolute atomic E-state index is 0.0915. The second-order valence-corrected chi connectivity index (χ2v) is 4.79. The van der Waals surface area contributed by atoms with Gasteiger partial charge in [-0.1, -0.05) is 6.07 Å². The summed E-state index contributed by atoms with van der Waals surface area (Å²) in [5.74, 6) is 0. The third-order valence-electron chi connectivity index (χ3n) is 3.38. The van der Waals surface area contributed by atoms with Gasteiger partial charge in [0.15, 0.2) is 0 Å². The Hall–Kier alpha value is -1.27. The second-order valence-electron chi connectivity index (χ2n) is 4.79. The van der Waals surface area contributed by atoms with Gasteiger partial charge in [-0.25, -0.2) is 0 Å². The number of anilines is 1. The maximum atomic E-state index is 12.9. The molecule has 1 saturated heterocycles. The van der Waals surface area contributed by atoms with Gasteiger partial charge in [-0.15, -0.1) is 0 Å². The standard InChI is InChI=1S/C13H17F3N2O/c14-13(15,16)12-6-10(4-3-9(12)7-17)18-5-1-2-11(19)8-18/h3-4,6,11,19H,1-2,5,7-8,17H2. The van der Waals surface area contributed by atoms with Crippen molar-refractivity contribution in [2.75, 3.05) is 18.0 Å². The van der Waals surface area contributed by atoms with Crippen LogP contribution in [-0.4, -0.2) is 24.3 Å². The SMILES string of the molecule is NCc1ccc(N2CCCC(O)C2)cc1C(F)(F)F. The monoisotopic (exact) mass is 274 g/mol. The van der Waals surface area contributed by atoms with Crippen molar-refractivity contribution in [3.63, 3.8) is 0 Å². The average molecular weight is 274 g/mol. The molecule has 0 bridgehead atoms. The summed E-state index contributed by atoms with van der Waals surface area (Å²) in [6, 6.07) is 4.18. The fourth-order valence-corrected chi connectivity index (χ4v) is 2.39. The third-order valence-corrected chi connectivity index (χ3v) is 3.38. The topological polar surface area (TPSA) is 49.5 Å². The van der Waals surface area contributed by atoms with Crippen molar-refractivity contribution in [1.29, 1.82) is 0 Å². The van der Waals surface area contributed by atoms with E-state index in [4.69, 9.17) is 5.73 Å². The van der Waals surface area contributed by atoms with E-state index in [0.717, 1.165) is 12.5 Å². The van der Waals surface area contributed by atoms with Crippen molar-refractivity contribution in [2.24, 2.45) is 5.73 Å². The van der Waals surface area contributed by atoms with Crippen molar-refractivity contribution in [3.05, 3.63) is 29.3 Å². The quantitative estimate of drug-likeness (QED) is 0.868. The van der Waals surface area contributed by atoms with Crippen LogP contribution >= 0.6 is 0 Å². The Labute approximate surface area is 109 Å². The number of piperidine rings is 1. The molecule has 1 aromatic carbocycles. The summed E-state index contributed by atoms with van der Waals surface area (Å²) in [6.07, 6.45) is -3.40. The number of nitrogens with two attached hydrogens (primary N) is 1. The van der Waals surface area contributed by atoms with Crippen LogP contribution in [0.1, 0.15) is 24.0 Å². The Kier molecular flexibility index (Phi) is 4.01. The Bertz CT molecular complexity index is 448. The third kappa shape index (κ3) is 3.19. The first-order valence-electron chi connectivity index (χ1n) is 6.25. The number of hydrogen-bond acceptors (Lipinski definition) is 3. The van der Waals surface area contributed by atoms with Gasteiger partial charge in [-0.05, 0) is 30.5 Å². The van der Waals surface area contributed by atoms with Gasteiger partial charge in [0.25, 0.3) is 0 Å². The number of aliphatic hydroxyl groups is 1. The Morgan fingerprint density at radius 3 is 2.68 bits per heavy atom. The zero-order valence-electron chi connectivity index (χ0n) is 10.5. The number of aliphatic hydroxyl groups excluding tert-OH is 1. The van der Waals surface area contributed by atoms with E-state index < -0.39 is 17.8 Å². The van der Waals surface area contributed by atoms with E-state index in [-0.39, 0.29) is 12.1 Å². The van der Waals surface area contributed by atoms with Gasteiger partial charge in [0.1, 0.15) is 0 Å². The highest BCUT2D eigenvalue weighted by Gasteiger charge is 2.33.